The molecule has 0 bridgehead atoms. The number of aryl methyl sites for hydroxylation is 2. The van der Waals surface area contributed by atoms with Crippen molar-refractivity contribution in [2.45, 2.75) is 6.92 Å². The highest BCUT2D eigenvalue weighted by Gasteiger charge is 2.14. The van der Waals surface area contributed by atoms with Crippen LogP contribution < -0.4 is 14.4 Å². The number of hydrogen-bond acceptors (Lipinski definition) is 7. The normalized spacial score (nSPS) is 10.6. The first kappa shape index (κ1) is 23.8. The summed E-state index contributed by atoms with van der Waals surface area (Å²) < 4.78 is 12.8. The molecule has 8 nitrogen and oxygen atoms in total. The van der Waals surface area contributed by atoms with Gasteiger partial charge in [0.25, 0.3) is 0 Å². The Balaban J connectivity index is 1.59. The van der Waals surface area contributed by atoms with Crippen LogP contribution in [0, 0.1) is 18.8 Å². The van der Waals surface area contributed by atoms with Gasteiger partial charge in [0.05, 0.1) is 49.9 Å². The van der Waals surface area contributed by atoms with Crippen molar-refractivity contribution in [2.75, 3.05) is 25.7 Å². The van der Waals surface area contributed by atoms with E-state index in [2.05, 4.69) is 31.8 Å². The van der Waals surface area contributed by atoms with E-state index in [1.54, 1.807) is 37.5 Å². The van der Waals surface area contributed by atoms with Gasteiger partial charge in [0.2, 0.25) is 0 Å². The molecule has 0 saturated heterocycles. The molecule has 8 heteroatoms. The summed E-state index contributed by atoms with van der Waals surface area (Å²) in [5, 5.41) is 4.25. The third-order valence-corrected chi connectivity index (χ3v) is 5.94. The number of nitrogens with zero attached hydrogens (tertiary/aromatic N) is 6. The summed E-state index contributed by atoms with van der Waals surface area (Å²) in [6.45, 7) is 2.41. The Morgan fingerprint density at radius 1 is 0.919 bits per heavy atom. The maximum Gasteiger partial charge on any atom is 0.124 e. The smallest absolute Gasteiger partial charge is 0.124 e. The quantitative estimate of drug-likeness (QED) is 0.312. The van der Waals surface area contributed by atoms with Gasteiger partial charge in [0.1, 0.15) is 17.2 Å². The van der Waals surface area contributed by atoms with Crippen molar-refractivity contribution in [2.24, 2.45) is 7.05 Å². The zero-order valence-corrected chi connectivity index (χ0v) is 21.1. The zero-order chi connectivity index (χ0) is 25.8. The molecule has 3 aromatic heterocycles. The van der Waals surface area contributed by atoms with Crippen LogP contribution in [0.2, 0.25) is 0 Å². The Morgan fingerprint density at radius 3 is 2.43 bits per heavy atom. The van der Waals surface area contributed by atoms with E-state index in [1.807, 2.05) is 68.7 Å². The Kier molecular flexibility index (Phi) is 6.68. The average Bonchev–Trinajstić information content (AvgIpc) is 3.37. The van der Waals surface area contributed by atoms with Crippen molar-refractivity contribution in [3.05, 3.63) is 84.6 Å². The molecule has 0 aliphatic carbocycles. The fraction of sp³-hybridized carbons (Fsp3) is 0.172. The van der Waals surface area contributed by atoms with Crippen molar-refractivity contribution in [3.63, 3.8) is 0 Å². The molecule has 5 aromatic rings. The number of benzene rings is 2. The molecule has 37 heavy (non-hydrogen) atoms. The minimum atomic E-state index is 0.410. The first-order valence-electron chi connectivity index (χ1n) is 11.7. The monoisotopic (exact) mass is 490 g/mol. The van der Waals surface area contributed by atoms with E-state index in [1.165, 1.54) is 0 Å². The van der Waals surface area contributed by atoms with Gasteiger partial charge in [-0.25, -0.2) is 9.97 Å². The summed E-state index contributed by atoms with van der Waals surface area (Å²) in [4.78, 5) is 16.0. The Morgan fingerprint density at radius 2 is 1.73 bits per heavy atom. The van der Waals surface area contributed by atoms with E-state index in [-0.39, 0.29) is 0 Å². The van der Waals surface area contributed by atoms with Gasteiger partial charge in [-0.05, 0) is 42.7 Å². The van der Waals surface area contributed by atoms with Crippen LogP contribution in [-0.2, 0) is 7.05 Å². The third-order valence-electron chi connectivity index (χ3n) is 5.94. The summed E-state index contributed by atoms with van der Waals surface area (Å²) in [6, 6.07) is 15.7. The van der Waals surface area contributed by atoms with Gasteiger partial charge in [0, 0.05) is 54.6 Å². The summed E-state index contributed by atoms with van der Waals surface area (Å²) >= 11 is 0. The van der Waals surface area contributed by atoms with Gasteiger partial charge in [-0.15, -0.1) is 0 Å². The van der Waals surface area contributed by atoms with Crippen molar-refractivity contribution in [1.82, 2.24) is 24.7 Å². The van der Waals surface area contributed by atoms with Gasteiger partial charge in [-0.3, -0.25) is 9.67 Å². The topological polar surface area (TPSA) is 78.2 Å². The molecule has 0 aliphatic rings. The van der Waals surface area contributed by atoms with Gasteiger partial charge >= 0.3 is 0 Å². The molecule has 5 rings (SSSR count). The molecule has 0 spiro atoms. The highest BCUT2D eigenvalue weighted by Crippen LogP contribution is 2.34. The predicted molar refractivity (Wildman–Crippen MR) is 144 cm³/mol. The van der Waals surface area contributed by atoms with Gasteiger partial charge in [0.15, 0.2) is 0 Å². The van der Waals surface area contributed by atoms with Crippen LogP contribution in [0.25, 0.3) is 22.3 Å². The molecule has 184 valence electrons. The van der Waals surface area contributed by atoms with Crippen LogP contribution in [0.3, 0.4) is 0 Å². The molecular weight excluding hydrogens is 464 g/mol. The minimum absolute atomic E-state index is 0.410. The van der Waals surface area contributed by atoms with Crippen LogP contribution in [-0.4, -0.2) is 45.5 Å². The average molecular weight is 491 g/mol. The second-order valence-corrected chi connectivity index (χ2v) is 8.46. The van der Waals surface area contributed by atoms with Gasteiger partial charge in [-0.1, -0.05) is 12.0 Å². The largest absolute Gasteiger partial charge is 0.497 e. The summed E-state index contributed by atoms with van der Waals surface area (Å²) in [5.74, 6) is 7.87. The molecule has 0 saturated carbocycles. The Labute approximate surface area is 215 Å². The van der Waals surface area contributed by atoms with Crippen LogP contribution in [0.1, 0.15) is 11.3 Å². The van der Waals surface area contributed by atoms with E-state index >= 15 is 0 Å². The van der Waals surface area contributed by atoms with Crippen molar-refractivity contribution in [1.29, 1.82) is 0 Å². The lowest BCUT2D eigenvalue weighted by atomic mass is 10.2. The lowest BCUT2D eigenvalue weighted by molar-refractivity contribution is 0.394. The second-order valence-electron chi connectivity index (χ2n) is 8.46. The first-order valence-corrected chi connectivity index (χ1v) is 11.7. The van der Waals surface area contributed by atoms with E-state index in [0.29, 0.717) is 18.0 Å². The summed E-state index contributed by atoms with van der Waals surface area (Å²) in [6.07, 6.45) is 7.22. The van der Waals surface area contributed by atoms with Gasteiger partial charge < -0.3 is 14.4 Å². The lowest BCUT2D eigenvalue weighted by Gasteiger charge is -2.24. The van der Waals surface area contributed by atoms with E-state index < -0.39 is 0 Å². The molecule has 3 heterocycles. The van der Waals surface area contributed by atoms with Crippen LogP contribution in [0.4, 0.5) is 11.4 Å². The number of pyridine rings is 1. The predicted octanol–water partition coefficient (Wildman–Crippen LogP) is 4.94. The lowest BCUT2D eigenvalue weighted by Crippen LogP contribution is -2.17. The van der Waals surface area contributed by atoms with Crippen LogP contribution >= 0.6 is 0 Å². The molecule has 0 radical (unpaired) electrons. The Bertz CT molecular complexity index is 1610. The second kappa shape index (κ2) is 10.4. The summed E-state index contributed by atoms with van der Waals surface area (Å²) in [5.41, 5.74) is 6.82. The van der Waals surface area contributed by atoms with E-state index in [4.69, 9.17) is 14.5 Å². The maximum atomic E-state index is 5.53. The highest BCUT2D eigenvalue weighted by atomic mass is 16.5. The molecule has 0 amide bonds. The number of rotatable bonds is 6. The number of ether oxygens (including phenoxy) is 2. The maximum absolute atomic E-state index is 5.53. The van der Waals surface area contributed by atoms with Crippen molar-refractivity contribution < 1.29 is 9.47 Å². The fourth-order valence-corrected chi connectivity index (χ4v) is 3.96. The fourth-order valence-electron chi connectivity index (χ4n) is 3.96. The highest BCUT2D eigenvalue weighted by molar-refractivity contribution is 5.83. The van der Waals surface area contributed by atoms with E-state index in [0.717, 1.165) is 44.9 Å². The molecule has 0 unspecified atom stereocenters. The van der Waals surface area contributed by atoms with Crippen molar-refractivity contribution >= 4 is 22.4 Å². The first-order chi connectivity index (χ1) is 18.0. The number of fused-ring (bicyclic) bond motifs is 1. The van der Waals surface area contributed by atoms with Crippen LogP contribution in [0.15, 0.2) is 73.3 Å². The molecule has 2 aromatic carbocycles. The number of hydrogen-bond donors (Lipinski definition) is 0. The molecule has 0 fully saturated rings. The van der Waals surface area contributed by atoms with E-state index in [9.17, 15) is 0 Å². The third kappa shape index (κ3) is 5.21. The molecule has 0 N–H and O–H groups in total. The van der Waals surface area contributed by atoms with Crippen molar-refractivity contribution in [3.8, 4) is 34.6 Å². The van der Waals surface area contributed by atoms with Gasteiger partial charge in [-0.2, -0.15) is 5.10 Å². The summed E-state index contributed by atoms with van der Waals surface area (Å²) in [7, 11) is 5.15. The number of anilines is 2. The van der Waals surface area contributed by atoms with Crippen LogP contribution in [0.5, 0.6) is 11.5 Å². The number of methoxy groups -OCH3 is 2. The molecule has 0 aliphatic heterocycles. The zero-order valence-electron chi connectivity index (χ0n) is 21.1. The standard InChI is InChI=1S/C29H26N6O2/c1-20-7-5-11-30-26(20)8-6-12-35(23-13-24(36-3)16-25(14-23)37-4)22-9-10-27-28(15-22)33-29(18-31-27)21-17-32-34(2)19-21/h5,7,9-11,13-19H,12H2,1-4H3. The molecular formula is C29H26N6O2. The Hall–Kier alpha value is -4.90. The minimum Gasteiger partial charge on any atom is -0.497 e. The number of aromatic nitrogens is 5. The SMILES string of the molecule is COc1cc(OC)cc(N(CC#Cc2ncccc2C)c2ccc3ncc(-c4cnn(C)c4)nc3c2)c1. The molecule has 0 atom stereocenters.